The normalized spacial score (nSPS) is 11.2. The fourth-order valence-corrected chi connectivity index (χ4v) is 4.01. The molecule has 162 valence electrons. The quantitative estimate of drug-likeness (QED) is 0.226. The summed E-state index contributed by atoms with van der Waals surface area (Å²) >= 11 is 8.82. The molecule has 0 fully saturated rings. The molecule has 0 aliphatic carbocycles. The first-order valence-corrected chi connectivity index (χ1v) is 11.1. The maximum absolute atomic E-state index is 11.0. The number of nitrogens with zero attached hydrogens (tertiary/aromatic N) is 3. The van der Waals surface area contributed by atoms with Crippen LogP contribution in [0.25, 0.3) is 10.9 Å². The number of aryl methyl sites for hydroxylation is 1. The van der Waals surface area contributed by atoms with Gasteiger partial charge in [-0.2, -0.15) is 0 Å². The van der Waals surface area contributed by atoms with E-state index >= 15 is 0 Å². The van der Waals surface area contributed by atoms with Gasteiger partial charge in [0.15, 0.2) is 5.69 Å². The number of hydrogen-bond donors (Lipinski definition) is 2. The van der Waals surface area contributed by atoms with Crippen LogP contribution in [0.5, 0.6) is 11.6 Å². The highest BCUT2D eigenvalue weighted by Gasteiger charge is 2.17. The Balaban J connectivity index is 1.66. The van der Waals surface area contributed by atoms with Crippen molar-refractivity contribution < 1.29 is 9.84 Å². The first kappa shape index (κ1) is 22.0. The van der Waals surface area contributed by atoms with Crippen molar-refractivity contribution in [1.29, 1.82) is 0 Å². The number of methoxy groups -OCH3 is 1. The first-order valence-electron chi connectivity index (χ1n) is 9.87. The van der Waals surface area contributed by atoms with Crippen molar-refractivity contribution in [2.24, 2.45) is 10.2 Å². The Morgan fingerprint density at radius 1 is 1.12 bits per heavy atom. The number of halogens is 1. The molecule has 0 bridgehead atoms. The first-order chi connectivity index (χ1) is 15.4. The summed E-state index contributed by atoms with van der Waals surface area (Å²) in [5.41, 5.74) is 4.20. The number of anilines is 1. The third kappa shape index (κ3) is 4.81. The fraction of sp³-hybridized carbons (Fsp3) is 0.125. The van der Waals surface area contributed by atoms with Crippen LogP contribution in [0, 0.1) is 6.92 Å². The van der Waals surface area contributed by atoms with Crippen molar-refractivity contribution in [3.63, 3.8) is 0 Å². The molecule has 0 aliphatic heterocycles. The number of fused-ring (bicyclic) bond motifs is 1. The van der Waals surface area contributed by atoms with E-state index in [-0.39, 0.29) is 11.0 Å². The third-order valence-corrected chi connectivity index (χ3v) is 5.63. The predicted molar refractivity (Wildman–Crippen MR) is 135 cm³/mol. The molecule has 4 rings (SSSR count). The Morgan fingerprint density at radius 3 is 2.72 bits per heavy atom. The van der Waals surface area contributed by atoms with Crippen molar-refractivity contribution in [2.45, 2.75) is 13.5 Å². The average Bonchev–Trinajstić information content (AvgIpc) is 3.02. The molecule has 0 atom stereocenters. The number of aromatic nitrogens is 1. The van der Waals surface area contributed by atoms with Crippen LogP contribution >= 0.6 is 28.1 Å². The number of benzene rings is 3. The molecule has 0 radical (unpaired) electrons. The van der Waals surface area contributed by atoms with E-state index in [1.807, 2.05) is 72.2 Å². The van der Waals surface area contributed by atoms with Crippen LogP contribution < -0.4 is 10.1 Å². The van der Waals surface area contributed by atoms with Crippen LogP contribution in [0.2, 0.25) is 0 Å². The summed E-state index contributed by atoms with van der Waals surface area (Å²) < 4.78 is 7.93. The van der Waals surface area contributed by atoms with E-state index in [0.29, 0.717) is 18.0 Å². The van der Waals surface area contributed by atoms with Gasteiger partial charge in [0.1, 0.15) is 5.75 Å². The zero-order valence-corrected chi connectivity index (χ0v) is 19.9. The highest BCUT2D eigenvalue weighted by molar-refractivity contribution is 9.10. The number of aromatic hydroxyl groups is 1. The minimum absolute atomic E-state index is 0.0348. The van der Waals surface area contributed by atoms with Gasteiger partial charge in [-0.15, -0.1) is 10.2 Å². The predicted octanol–water partition coefficient (Wildman–Crippen LogP) is 6.96. The molecule has 0 unspecified atom stereocenters. The minimum Gasteiger partial charge on any atom is -0.497 e. The lowest BCUT2D eigenvalue weighted by Gasteiger charge is -2.08. The molecule has 6 nitrogen and oxygen atoms in total. The zero-order valence-electron chi connectivity index (χ0n) is 17.5. The van der Waals surface area contributed by atoms with Gasteiger partial charge in [-0.3, -0.25) is 0 Å². The number of nitrogens with one attached hydrogen (secondary N) is 1. The number of ether oxygens (including phenoxy) is 1. The lowest BCUT2D eigenvalue weighted by molar-refractivity contribution is 0.415. The Morgan fingerprint density at radius 2 is 1.94 bits per heavy atom. The van der Waals surface area contributed by atoms with Gasteiger partial charge in [0.05, 0.1) is 19.2 Å². The van der Waals surface area contributed by atoms with E-state index in [2.05, 4.69) is 37.5 Å². The van der Waals surface area contributed by atoms with Crippen molar-refractivity contribution in [3.8, 4) is 11.6 Å². The highest BCUT2D eigenvalue weighted by atomic mass is 79.9. The van der Waals surface area contributed by atoms with Crippen LogP contribution in [0.3, 0.4) is 0 Å². The van der Waals surface area contributed by atoms with Gasteiger partial charge in [-0.05, 0) is 55.0 Å². The summed E-state index contributed by atoms with van der Waals surface area (Å²) in [5, 5.41) is 23.4. The molecule has 4 aromatic rings. The van der Waals surface area contributed by atoms with Gasteiger partial charge in [-0.1, -0.05) is 51.8 Å². The maximum atomic E-state index is 11.0. The Labute approximate surface area is 199 Å². The van der Waals surface area contributed by atoms with Crippen molar-refractivity contribution >= 4 is 55.5 Å². The van der Waals surface area contributed by atoms with Gasteiger partial charge in [0.2, 0.25) is 11.0 Å². The number of hydrogen-bond acceptors (Lipinski definition) is 4. The third-order valence-electron chi connectivity index (χ3n) is 4.96. The summed E-state index contributed by atoms with van der Waals surface area (Å²) in [5.74, 6) is 0.740. The maximum Gasteiger partial charge on any atom is 0.221 e. The van der Waals surface area contributed by atoms with E-state index in [0.717, 1.165) is 32.2 Å². The SMILES string of the molecule is COc1cccc(NC(=S)N=Nc2c(O)n(Cc3cccc(C)c3)c3ccc(Br)cc23)c1. The molecule has 2 N–H and O–H groups in total. The molecule has 0 saturated heterocycles. The monoisotopic (exact) mass is 508 g/mol. The molecule has 0 saturated carbocycles. The van der Waals surface area contributed by atoms with Gasteiger partial charge in [-0.25, -0.2) is 0 Å². The van der Waals surface area contributed by atoms with Crippen LogP contribution in [-0.4, -0.2) is 21.9 Å². The molecule has 0 amide bonds. The van der Waals surface area contributed by atoms with Gasteiger partial charge < -0.3 is 19.7 Å². The van der Waals surface area contributed by atoms with Crippen LogP contribution in [0.15, 0.2) is 81.4 Å². The molecular weight excluding hydrogens is 488 g/mol. The van der Waals surface area contributed by atoms with Crippen LogP contribution in [0.1, 0.15) is 11.1 Å². The van der Waals surface area contributed by atoms with Crippen LogP contribution in [0.4, 0.5) is 11.4 Å². The summed E-state index contributed by atoms with van der Waals surface area (Å²) in [6, 6.07) is 21.3. The van der Waals surface area contributed by atoms with E-state index in [1.54, 1.807) is 7.11 Å². The smallest absolute Gasteiger partial charge is 0.221 e. The molecule has 32 heavy (non-hydrogen) atoms. The summed E-state index contributed by atoms with van der Waals surface area (Å²) in [7, 11) is 1.60. The van der Waals surface area contributed by atoms with Gasteiger partial charge in [0, 0.05) is 21.6 Å². The van der Waals surface area contributed by atoms with Crippen LogP contribution in [-0.2, 0) is 6.54 Å². The standard InChI is InChI=1S/C24H21BrN4O2S/c1-15-5-3-6-16(11-15)14-29-21-10-9-17(25)12-20(21)22(23(29)30)27-28-24(32)26-18-7-4-8-19(13-18)31-2/h3-13,30H,14H2,1-2H3,(H,26,32). The summed E-state index contributed by atoms with van der Waals surface area (Å²) in [6.45, 7) is 2.55. The average molecular weight is 509 g/mol. The van der Waals surface area contributed by atoms with Crippen molar-refractivity contribution in [2.75, 3.05) is 12.4 Å². The summed E-state index contributed by atoms with van der Waals surface area (Å²) in [4.78, 5) is 0. The van der Waals surface area contributed by atoms with E-state index in [1.165, 1.54) is 0 Å². The molecule has 1 aromatic heterocycles. The Kier molecular flexibility index (Phi) is 6.53. The fourth-order valence-electron chi connectivity index (χ4n) is 3.49. The lowest BCUT2D eigenvalue weighted by Crippen LogP contribution is -2.04. The Bertz CT molecular complexity index is 1330. The molecule has 0 aliphatic rings. The van der Waals surface area contributed by atoms with Gasteiger partial charge >= 0.3 is 0 Å². The topological polar surface area (TPSA) is 71.1 Å². The van der Waals surface area contributed by atoms with Gasteiger partial charge in [0.25, 0.3) is 0 Å². The number of azo groups is 1. The van der Waals surface area contributed by atoms with E-state index < -0.39 is 0 Å². The summed E-state index contributed by atoms with van der Waals surface area (Å²) in [6.07, 6.45) is 0. The van der Waals surface area contributed by atoms with Crippen molar-refractivity contribution in [3.05, 3.63) is 82.3 Å². The molecular formula is C24H21BrN4O2S. The minimum atomic E-state index is 0.0348. The number of rotatable bonds is 5. The zero-order chi connectivity index (χ0) is 22.7. The second kappa shape index (κ2) is 9.50. The number of thiocarbonyl (C=S) groups is 1. The second-order valence-corrected chi connectivity index (χ2v) is 8.57. The lowest BCUT2D eigenvalue weighted by atomic mass is 10.1. The molecule has 0 spiro atoms. The molecule has 8 heteroatoms. The Hall–Kier alpha value is -3.23. The van der Waals surface area contributed by atoms with E-state index in [9.17, 15) is 5.11 Å². The largest absolute Gasteiger partial charge is 0.497 e. The molecule has 1 heterocycles. The van der Waals surface area contributed by atoms with E-state index in [4.69, 9.17) is 17.0 Å². The highest BCUT2D eigenvalue weighted by Crippen LogP contribution is 2.40. The second-order valence-electron chi connectivity index (χ2n) is 7.27. The molecule has 3 aromatic carbocycles. The van der Waals surface area contributed by atoms with Crippen molar-refractivity contribution in [1.82, 2.24) is 4.57 Å².